The first kappa shape index (κ1) is 18.3. The minimum atomic E-state index is -1.13. The minimum Gasteiger partial charge on any atom is -0.444 e. The molecule has 1 heterocycles. The second-order valence-electron chi connectivity index (χ2n) is 7.02. The van der Waals surface area contributed by atoms with Crippen LogP contribution in [0, 0.1) is 11.6 Å². The van der Waals surface area contributed by atoms with Crippen LogP contribution >= 0.6 is 0 Å². The molecule has 7 heteroatoms. The lowest BCUT2D eigenvalue weighted by atomic mass is 9.89. The van der Waals surface area contributed by atoms with Crippen molar-refractivity contribution in [3.8, 4) is 0 Å². The van der Waals surface area contributed by atoms with E-state index < -0.39 is 28.9 Å². The number of ether oxygens (including phenoxy) is 1. The Morgan fingerprint density at radius 1 is 1.42 bits per heavy atom. The summed E-state index contributed by atoms with van der Waals surface area (Å²) in [5.74, 6) is -1.39. The van der Waals surface area contributed by atoms with Gasteiger partial charge in [0, 0.05) is 32.1 Å². The van der Waals surface area contributed by atoms with E-state index >= 15 is 0 Å². The lowest BCUT2D eigenvalue weighted by Crippen LogP contribution is -2.64. The van der Waals surface area contributed by atoms with Gasteiger partial charge in [-0.05, 0) is 32.4 Å². The zero-order valence-electron chi connectivity index (χ0n) is 14.1. The van der Waals surface area contributed by atoms with E-state index in [-0.39, 0.29) is 18.5 Å². The number of halogens is 2. The average molecular weight is 340 g/mol. The van der Waals surface area contributed by atoms with Crippen LogP contribution in [0.15, 0.2) is 18.2 Å². The van der Waals surface area contributed by atoms with Gasteiger partial charge in [-0.15, -0.1) is 0 Å². The second-order valence-corrected chi connectivity index (χ2v) is 7.02. The van der Waals surface area contributed by atoms with E-state index in [1.165, 1.54) is 11.0 Å². The highest BCUT2D eigenvalue weighted by Crippen LogP contribution is 2.21. The minimum absolute atomic E-state index is 0.0158. The van der Waals surface area contributed by atoms with Crippen molar-refractivity contribution in [3.63, 3.8) is 0 Å². The molecule has 0 bridgehead atoms. The predicted octanol–water partition coefficient (Wildman–Crippen LogP) is 2.29. The van der Waals surface area contributed by atoms with Gasteiger partial charge in [-0.25, -0.2) is 13.6 Å². The van der Waals surface area contributed by atoms with Gasteiger partial charge >= 0.3 is 6.09 Å². The molecule has 0 aromatic heterocycles. The highest BCUT2D eigenvalue weighted by Gasteiger charge is 2.38. The molecule has 1 saturated heterocycles. The molecule has 1 aliphatic heterocycles. The number of piperazine rings is 1. The average Bonchev–Trinajstić information content (AvgIpc) is 2.49. The Morgan fingerprint density at radius 3 is 2.71 bits per heavy atom. The fourth-order valence-electron chi connectivity index (χ4n) is 2.64. The molecule has 1 aliphatic rings. The number of hydrogen-bond donors (Lipinski definition) is 1. The Balaban J connectivity index is 2.16. The molecule has 1 aromatic rings. The number of carbonyl (C=O) groups excluding carboxylic acids is 2. The van der Waals surface area contributed by atoms with E-state index in [1.54, 1.807) is 20.8 Å². The molecular weight excluding hydrogens is 318 g/mol. The fraction of sp³-hybridized carbons (Fsp3) is 0.529. The molecule has 2 rings (SSSR count). The van der Waals surface area contributed by atoms with Crippen LogP contribution in [-0.2, 0) is 16.0 Å². The highest BCUT2D eigenvalue weighted by molar-refractivity contribution is 5.72. The van der Waals surface area contributed by atoms with Gasteiger partial charge in [-0.1, -0.05) is 6.07 Å². The van der Waals surface area contributed by atoms with Crippen LogP contribution < -0.4 is 5.32 Å². The zero-order chi connectivity index (χ0) is 18.0. The zero-order valence-corrected chi connectivity index (χ0v) is 14.1. The maximum Gasteiger partial charge on any atom is 0.410 e. The van der Waals surface area contributed by atoms with Gasteiger partial charge in [-0.2, -0.15) is 0 Å². The van der Waals surface area contributed by atoms with Crippen LogP contribution in [0.5, 0.6) is 0 Å². The monoisotopic (exact) mass is 340 g/mol. The number of rotatable bonds is 3. The molecule has 5 nitrogen and oxygen atoms in total. The molecule has 1 aromatic carbocycles. The van der Waals surface area contributed by atoms with Gasteiger partial charge in [0.1, 0.15) is 23.5 Å². The lowest BCUT2D eigenvalue weighted by Gasteiger charge is -2.40. The molecule has 24 heavy (non-hydrogen) atoms. The first-order valence-electron chi connectivity index (χ1n) is 7.77. The van der Waals surface area contributed by atoms with E-state index in [9.17, 15) is 18.4 Å². The number of nitrogens with zero attached hydrogens (tertiary/aromatic N) is 1. The molecule has 0 saturated carbocycles. The van der Waals surface area contributed by atoms with E-state index in [4.69, 9.17) is 4.74 Å². The molecule has 0 radical (unpaired) electrons. The van der Waals surface area contributed by atoms with Crippen LogP contribution in [0.3, 0.4) is 0 Å². The Hall–Kier alpha value is -2.02. The number of benzene rings is 1. The molecule has 0 spiro atoms. The SMILES string of the molecule is CC(C)(C)OC(=O)N1CCNC(C=O)(Cc2ccc(F)cc2F)C1. The molecule has 1 unspecified atom stereocenters. The molecular formula is C17H22F2N2O3. The van der Waals surface area contributed by atoms with Gasteiger partial charge in [0.2, 0.25) is 0 Å². The summed E-state index contributed by atoms with van der Waals surface area (Å²) in [5, 5.41) is 3.04. The number of aldehydes is 1. The molecule has 1 N–H and O–H groups in total. The summed E-state index contributed by atoms with van der Waals surface area (Å²) in [7, 11) is 0. The smallest absolute Gasteiger partial charge is 0.410 e. The molecule has 0 aliphatic carbocycles. The highest BCUT2D eigenvalue weighted by atomic mass is 19.1. The van der Waals surface area contributed by atoms with Crippen molar-refractivity contribution in [1.82, 2.24) is 10.2 Å². The van der Waals surface area contributed by atoms with E-state index in [1.807, 2.05) is 0 Å². The largest absolute Gasteiger partial charge is 0.444 e. The summed E-state index contributed by atoms with van der Waals surface area (Å²) >= 11 is 0. The fourth-order valence-corrected chi connectivity index (χ4v) is 2.64. The first-order chi connectivity index (χ1) is 11.1. The van der Waals surface area contributed by atoms with Gasteiger partial charge < -0.3 is 19.7 Å². The third-order valence-electron chi connectivity index (χ3n) is 3.73. The molecule has 1 fully saturated rings. The van der Waals surface area contributed by atoms with Crippen molar-refractivity contribution in [1.29, 1.82) is 0 Å². The van der Waals surface area contributed by atoms with E-state index in [0.29, 0.717) is 19.4 Å². The van der Waals surface area contributed by atoms with Crippen molar-refractivity contribution >= 4 is 12.4 Å². The topological polar surface area (TPSA) is 58.6 Å². The summed E-state index contributed by atoms with van der Waals surface area (Å²) in [6.45, 7) is 6.09. The Kier molecular flexibility index (Phi) is 5.22. The van der Waals surface area contributed by atoms with E-state index in [2.05, 4.69) is 5.32 Å². The normalized spacial score (nSPS) is 21.5. The van der Waals surface area contributed by atoms with E-state index in [0.717, 1.165) is 12.1 Å². The summed E-state index contributed by atoms with van der Waals surface area (Å²) in [4.78, 5) is 25.3. The third kappa shape index (κ3) is 4.50. The quantitative estimate of drug-likeness (QED) is 0.858. The van der Waals surface area contributed by atoms with Crippen molar-refractivity contribution in [2.45, 2.75) is 38.3 Å². The van der Waals surface area contributed by atoms with Crippen LogP contribution in [-0.4, -0.2) is 48.1 Å². The summed E-state index contributed by atoms with van der Waals surface area (Å²) in [6.07, 6.45) is 0.170. The third-order valence-corrected chi connectivity index (χ3v) is 3.73. The maximum atomic E-state index is 13.9. The van der Waals surface area contributed by atoms with Crippen LogP contribution in [0.25, 0.3) is 0 Å². The summed E-state index contributed by atoms with van der Waals surface area (Å²) in [6, 6.07) is 3.23. The Labute approximate surface area is 140 Å². The number of hydrogen-bond acceptors (Lipinski definition) is 4. The van der Waals surface area contributed by atoms with Gasteiger partial charge in [0.05, 0.1) is 5.54 Å². The van der Waals surface area contributed by atoms with Gasteiger partial charge in [0.25, 0.3) is 0 Å². The predicted molar refractivity (Wildman–Crippen MR) is 84.7 cm³/mol. The first-order valence-corrected chi connectivity index (χ1v) is 7.77. The van der Waals surface area contributed by atoms with Crippen molar-refractivity contribution in [2.24, 2.45) is 0 Å². The molecule has 1 atom stereocenters. The molecule has 1 amide bonds. The van der Waals surface area contributed by atoms with Gasteiger partial charge in [-0.3, -0.25) is 0 Å². The second kappa shape index (κ2) is 6.84. The van der Waals surface area contributed by atoms with Crippen LogP contribution in [0.2, 0.25) is 0 Å². The molecule has 132 valence electrons. The van der Waals surface area contributed by atoms with Crippen molar-refractivity contribution in [3.05, 3.63) is 35.4 Å². The Bertz CT molecular complexity index is 631. The lowest BCUT2D eigenvalue weighted by molar-refractivity contribution is -0.115. The number of nitrogens with one attached hydrogen (secondary N) is 1. The number of carbonyl (C=O) groups is 2. The standard InChI is InChI=1S/C17H22F2N2O3/c1-16(2,3)24-15(23)21-7-6-20-17(10-21,11-22)9-12-4-5-13(18)8-14(12)19/h4-5,8,11,20H,6-7,9-10H2,1-3H3. The van der Waals surface area contributed by atoms with Crippen LogP contribution in [0.4, 0.5) is 13.6 Å². The maximum absolute atomic E-state index is 13.9. The van der Waals surface area contributed by atoms with Gasteiger partial charge in [0.15, 0.2) is 0 Å². The summed E-state index contributed by atoms with van der Waals surface area (Å²) in [5.41, 5.74) is -1.56. The number of amides is 1. The van der Waals surface area contributed by atoms with Crippen molar-refractivity contribution in [2.75, 3.05) is 19.6 Å². The summed E-state index contributed by atoms with van der Waals surface area (Å²) < 4.78 is 32.3. The van der Waals surface area contributed by atoms with Crippen LogP contribution in [0.1, 0.15) is 26.3 Å². The van der Waals surface area contributed by atoms with Crippen molar-refractivity contribution < 1.29 is 23.1 Å². The Morgan fingerprint density at radius 2 is 2.12 bits per heavy atom.